The fourth-order valence-electron chi connectivity index (χ4n) is 0.867. The number of aliphatic hydroxyl groups excluding tert-OH is 4. The van der Waals surface area contributed by atoms with E-state index in [9.17, 15) is 9.90 Å². The van der Waals surface area contributed by atoms with Crippen LogP contribution in [0.25, 0.3) is 0 Å². The number of hydrogen-bond donors (Lipinski definition) is 5. The number of carbonyl (C=O) groups is 1. The Balaban J connectivity index is 4.21. The zero-order valence-electron chi connectivity index (χ0n) is 7.29. The van der Waals surface area contributed by atoms with Gasteiger partial charge < -0.3 is 30.5 Å². The summed E-state index contributed by atoms with van der Waals surface area (Å²) >= 11 is 0. The Morgan fingerprint density at radius 1 is 1.31 bits per heavy atom. The maximum absolute atomic E-state index is 10.3. The van der Waals surface area contributed by atoms with E-state index in [2.05, 4.69) is 5.32 Å². The molecule has 0 aromatic heterocycles. The molecule has 4 atom stereocenters. The molecule has 0 spiro atoms. The first-order valence-corrected chi connectivity index (χ1v) is 3.86. The van der Waals surface area contributed by atoms with Crippen LogP contribution in [0.4, 0.5) is 0 Å². The molecule has 0 saturated heterocycles. The molecule has 0 heterocycles. The van der Waals surface area contributed by atoms with Gasteiger partial charge in [-0.3, -0.25) is 0 Å². The smallest absolute Gasteiger partial charge is 0.139 e. The maximum Gasteiger partial charge on any atom is 0.139 e. The summed E-state index contributed by atoms with van der Waals surface area (Å²) < 4.78 is 0. The van der Waals surface area contributed by atoms with E-state index in [0.29, 0.717) is 6.29 Å². The average Bonchev–Trinajstić information content (AvgIpc) is 2.17. The molecule has 0 radical (unpaired) electrons. The van der Waals surface area contributed by atoms with E-state index < -0.39 is 31.0 Å². The molecule has 0 aliphatic heterocycles. The molecule has 13 heavy (non-hydrogen) atoms. The SMILES string of the molecule is CN[C@H](C=O)[C@H](O)[C@H](O)[C@@H](O)CO. The van der Waals surface area contributed by atoms with Crippen LogP contribution in [0.15, 0.2) is 0 Å². The lowest BCUT2D eigenvalue weighted by atomic mass is 10.0. The molecule has 0 saturated carbocycles. The van der Waals surface area contributed by atoms with Crippen LogP contribution in [0.5, 0.6) is 0 Å². The Hall–Kier alpha value is -0.530. The molecule has 0 amide bonds. The second-order valence-electron chi connectivity index (χ2n) is 2.68. The van der Waals surface area contributed by atoms with Crippen LogP contribution in [-0.2, 0) is 4.79 Å². The molecule has 0 aliphatic carbocycles. The van der Waals surface area contributed by atoms with Crippen molar-refractivity contribution in [3.63, 3.8) is 0 Å². The van der Waals surface area contributed by atoms with Crippen molar-refractivity contribution < 1.29 is 25.2 Å². The van der Waals surface area contributed by atoms with E-state index in [1.165, 1.54) is 7.05 Å². The fourth-order valence-corrected chi connectivity index (χ4v) is 0.867. The standard InChI is InChI=1S/C7H15NO5/c1-8-4(2-9)6(12)7(13)5(11)3-10/h2,4-8,10-13H,3H2,1H3/t4-,5+,6+,7-/m1/s1. The van der Waals surface area contributed by atoms with Crippen LogP contribution in [0.3, 0.4) is 0 Å². The zero-order valence-corrected chi connectivity index (χ0v) is 7.29. The van der Waals surface area contributed by atoms with E-state index in [0.717, 1.165) is 0 Å². The van der Waals surface area contributed by atoms with Crippen LogP contribution in [-0.4, -0.2) is 64.7 Å². The second-order valence-corrected chi connectivity index (χ2v) is 2.68. The summed E-state index contributed by atoms with van der Waals surface area (Å²) in [6.45, 7) is -0.673. The van der Waals surface area contributed by atoms with Crippen molar-refractivity contribution in [1.82, 2.24) is 5.32 Å². The van der Waals surface area contributed by atoms with Gasteiger partial charge in [-0.25, -0.2) is 0 Å². The van der Waals surface area contributed by atoms with Gasteiger partial charge in [-0.1, -0.05) is 0 Å². The lowest BCUT2D eigenvalue weighted by Gasteiger charge is -2.25. The molecular weight excluding hydrogens is 178 g/mol. The third-order valence-electron chi connectivity index (χ3n) is 1.78. The Morgan fingerprint density at radius 2 is 1.85 bits per heavy atom. The fraction of sp³-hybridized carbons (Fsp3) is 0.857. The molecule has 6 heteroatoms. The quantitative estimate of drug-likeness (QED) is 0.285. The Kier molecular flexibility index (Phi) is 5.76. The van der Waals surface area contributed by atoms with Crippen LogP contribution in [0, 0.1) is 0 Å². The van der Waals surface area contributed by atoms with Gasteiger partial charge in [0.15, 0.2) is 0 Å². The van der Waals surface area contributed by atoms with E-state index in [1.54, 1.807) is 0 Å². The molecule has 0 bridgehead atoms. The summed E-state index contributed by atoms with van der Waals surface area (Å²) in [5, 5.41) is 38.2. The number of aldehydes is 1. The van der Waals surface area contributed by atoms with E-state index >= 15 is 0 Å². The molecule has 0 aromatic carbocycles. The van der Waals surface area contributed by atoms with Gasteiger partial charge in [0.25, 0.3) is 0 Å². The summed E-state index contributed by atoms with van der Waals surface area (Å²) in [7, 11) is 1.43. The minimum Gasteiger partial charge on any atom is -0.394 e. The number of aliphatic hydroxyl groups is 4. The lowest BCUT2D eigenvalue weighted by molar-refractivity contribution is -0.119. The van der Waals surface area contributed by atoms with Crippen molar-refractivity contribution in [2.75, 3.05) is 13.7 Å². The molecule has 0 unspecified atom stereocenters. The summed E-state index contributed by atoms with van der Waals surface area (Å²) in [5.41, 5.74) is 0. The van der Waals surface area contributed by atoms with E-state index in [-0.39, 0.29) is 0 Å². The lowest BCUT2D eigenvalue weighted by Crippen LogP contribution is -2.51. The predicted molar refractivity (Wildman–Crippen MR) is 44.0 cm³/mol. The van der Waals surface area contributed by atoms with Crippen molar-refractivity contribution >= 4 is 6.29 Å². The number of carbonyl (C=O) groups excluding carboxylic acids is 1. The number of nitrogens with one attached hydrogen (secondary N) is 1. The van der Waals surface area contributed by atoms with E-state index in [1.807, 2.05) is 0 Å². The monoisotopic (exact) mass is 193 g/mol. The van der Waals surface area contributed by atoms with Gasteiger partial charge in [0.1, 0.15) is 24.6 Å². The van der Waals surface area contributed by atoms with Crippen LogP contribution >= 0.6 is 0 Å². The van der Waals surface area contributed by atoms with Crippen molar-refractivity contribution in [1.29, 1.82) is 0 Å². The van der Waals surface area contributed by atoms with Gasteiger partial charge in [0, 0.05) is 0 Å². The highest BCUT2D eigenvalue weighted by Crippen LogP contribution is 2.03. The first-order chi connectivity index (χ1) is 6.08. The summed E-state index contributed by atoms with van der Waals surface area (Å²) in [6, 6.07) is -0.962. The first-order valence-electron chi connectivity index (χ1n) is 3.86. The maximum atomic E-state index is 10.3. The molecule has 0 aromatic rings. The highest BCUT2D eigenvalue weighted by molar-refractivity contribution is 5.58. The summed E-state index contributed by atoms with van der Waals surface area (Å²) in [4.78, 5) is 10.3. The molecular formula is C7H15NO5. The zero-order chi connectivity index (χ0) is 10.4. The van der Waals surface area contributed by atoms with E-state index in [4.69, 9.17) is 15.3 Å². The number of hydrogen-bond acceptors (Lipinski definition) is 6. The van der Waals surface area contributed by atoms with Crippen LogP contribution in [0.1, 0.15) is 0 Å². The topological polar surface area (TPSA) is 110 Å². The number of likely N-dealkylation sites (N-methyl/N-ethyl adjacent to an activating group) is 1. The Labute approximate surface area is 75.8 Å². The Morgan fingerprint density at radius 3 is 2.15 bits per heavy atom. The minimum absolute atomic E-state index is 0.415. The third-order valence-corrected chi connectivity index (χ3v) is 1.78. The Bertz CT molecular complexity index is 154. The van der Waals surface area contributed by atoms with Gasteiger partial charge in [-0.2, -0.15) is 0 Å². The van der Waals surface area contributed by atoms with Gasteiger partial charge >= 0.3 is 0 Å². The minimum atomic E-state index is -1.55. The highest BCUT2D eigenvalue weighted by Gasteiger charge is 2.29. The van der Waals surface area contributed by atoms with Crippen molar-refractivity contribution in [2.45, 2.75) is 24.4 Å². The third kappa shape index (κ3) is 3.37. The van der Waals surface area contributed by atoms with Gasteiger partial charge in [0.2, 0.25) is 0 Å². The van der Waals surface area contributed by atoms with Crippen molar-refractivity contribution in [3.05, 3.63) is 0 Å². The molecule has 6 nitrogen and oxygen atoms in total. The van der Waals surface area contributed by atoms with Crippen LogP contribution in [0.2, 0.25) is 0 Å². The average molecular weight is 193 g/mol. The highest BCUT2D eigenvalue weighted by atomic mass is 16.4. The summed E-state index contributed by atoms with van der Waals surface area (Å²) in [6.07, 6.45) is -4.03. The molecule has 5 N–H and O–H groups in total. The van der Waals surface area contributed by atoms with Gasteiger partial charge in [0.05, 0.1) is 12.6 Å². The largest absolute Gasteiger partial charge is 0.394 e. The molecule has 0 rings (SSSR count). The van der Waals surface area contributed by atoms with Crippen LogP contribution < -0.4 is 5.32 Å². The second kappa shape index (κ2) is 6.01. The predicted octanol–water partition coefficient (Wildman–Crippen LogP) is -3.15. The number of rotatable bonds is 6. The molecule has 0 fully saturated rings. The van der Waals surface area contributed by atoms with Gasteiger partial charge in [-0.05, 0) is 7.05 Å². The first kappa shape index (κ1) is 12.5. The summed E-state index contributed by atoms with van der Waals surface area (Å²) in [5.74, 6) is 0. The van der Waals surface area contributed by atoms with Crippen molar-refractivity contribution in [2.24, 2.45) is 0 Å². The van der Waals surface area contributed by atoms with Gasteiger partial charge in [-0.15, -0.1) is 0 Å². The van der Waals surface area contributed by atoms with Crippen molar-refractivity contribution in [3.8, 4) is 0 Å². The normalized spacial score (nSPS) is 20.4. The molecule has 78 valence electrons. The molecule has 0 aliphatic rings.